The first-order valence-electron chi connectivity index (χ1n) is 4.48. The molecule has 4 heteroatoms. The Balaban J connectivity index is 2.55. The van der Waals surface area contributed by atoms with Crippen LogP contribution in [-0.4, -0.2) is 9.97 Å². The molecule has 0 saturated heterocycles. The molecule has 2 rings (SSSR count). The molecule has 1 N–H and O–H groups in total. The number of rotatable bonds is 1. The second-order valence-electron chi connectivity index (χ2n) is 3.25. The average molecular weight is 237 g/mol. The van der Waals surface area contributed by atoms with Crippen LogP contribution in [0.2, 0.25) is 5.02 Å². The molecule has 2 aromatic rings. The van der Waals surface area contributed by atoms with Gasteiger partial charge in [0, 0.05) is 16.9 Å². The first-order valence-corrected chi connectivity index (χ1v) is 5.27. The molecular formula is C11H9ClN2S. The summed E-state index contributed by atoms with van der Waals surface area (Å²) in [6, 6.07) is 7.77. The lowest BCUT2D eigenvalue weighted by atomic mass is 10.1. The summed E-state index contributed by atoms with van der Waals surface area (Å²) in [6.45, 7) is 1.97. The van der Waals surface area contributed by atoms with Crippen molar-refractivity contribution in [2.75, 3.05) is 0 Å². The Labute approximate surface area is 98.0 Å². The average Bonchev–Trinajstić information content (AvgIpc) is 2.22. The molecule has 0 fully saturated rings. The summed E-state index contributed by atoms with van der Waals surface area (Å²) in [6.07, 6.45) is 1.68. The van der Waals surface area contributed by atoms with E-state index < -0.39 is 0 Å². The zero-order valence-corrected chi connectivity index (χ0v) is 9.69. The lowest BCUT2D eigenvalue weighted by Crippen LogP contribution is -1.86. The molecule has 1 aromatic carbocycles. The number of aromatic amines is 1. The fraction of sp³-hybridized carbons (Fsp3) is 0.0909. The van der Waals surface area contributed by atoms with Gasteiger partial charge in [-0.1, -0.05) is 23.7 Å². The van der Waals surface area contributed by atoms with Crippen molar-refractivity contribution >= 4 is 23.8 Å². The van der Waals surface area contributed by atoms with Crippen molar-refractivity contribution in [3.63, 3.8) is 0 Å². The number of nitrogens with zero attached hydrogens (tertiary/aromatic N) is 1. The second-order valence-corrected chi connectivity index (χ2v) is 4.05. The third kappa shape index (κ3) is 2.25. The number of H-pyrrole nitrogens is 1. The van der Waals surface area contributed by atoms with E-state index >= 15 is 0 Å². The van der Waals surface area contributed by atoms with Crippen LogP contribution in [0.1, 0.15) is 5.56 Å². The number of benzene rings is 1. The van der Waals surface area contributed by atoms with Gasteiger partial charge in [-0.2, -0.15) is 0 Å². The zero-order valence-electron chi connectivity index (χ0n) is 8.12. The summed E-state index contributed by atoms with van der Waals surface area (Å²) in [5.41, 5.74) is 3.00. The minimum absolute atomic E-state index is 0.476. The monoisotopic (exact) mass is 236 g/mol. The normalized spacial score (nSPS) is 10.3. The molecule has 0 atom stereocenters. The summed E-state index contributed by atoms with van der Waals surface area (Å²) < 4.78 is 0.476. The van der Waals surface area contributed by atoms with E-state index in [1.165, 1.54) is 0 Å². The Bertz CT molecular complexity index is 548. The van der Waals surface area contributed by atoms with Gasteiger partial charge in [0.1, 0.15) is 0 Å². The molecule has 0 radical (unpaired) electrons. The van der Waals surface area contributed by atoms with Gasteiger partial charge >= 0.3 is 0 Å². The lowest BCUT2D eigenvalue weighted by Gasteiger charge is -2.03. The van der Waals surface area contributed by atoms with Crippen LogP contribution >= 0.6 is 23.8 Å². The van der Waals surface area contributed by atoms with Crippen LogP contribution in [0.3, 0.4) is 0 Å². The van der Waals surface area contributed by atoms with Crippen LogP contribution < -0.4 is 0 Å². The standard InChI is InChI=1S/C11H9ClN2S/c1-7-2-3-8(6-9(7)12)10-4-5-13-11(15)14-10/h2-6H,1H3,(H,13,14,15). The first-order chi connectivity index (χ1) is 7.16. The van der Waals surface area contributed by atoms with Crippen molar-refractivity contribution in [2.24, 2.45) is 0 Å². The molecule has 1 heterocycles. The van der Waals surface area contributed by atoms with Gasteiger partial charge in [-0.15, -0.1) is 0 Å². The van der Waals surface area contributed by atoms with E-state index in [4.69, 9.17) is 23.8 Å². The van der Waals surface area contributed by atoms with Gasteiger partial charge in [0.05, 0.1) is 0 Å². The molecule has 0 aliphatic rings. The van der Waals surface area contributed by atoms with Crippen molar-refractivity contribution in [2.45, 2.75) is 6.92 Å². The SMILES string of the molecule is Cc1ccc(-c2ccnc(=S)[nH]2)cc1Cl. The second kappa shape index (κ2) is 4.13. The van der Waals surface area contributed by atoms with Gasteiger partial charge in [-0.25, -0.2) is 4.98 Å². The van der Waals surface area contributed by atoms with Crippen LogP contribution in [0.4, 0.5) is 0 Å². The molecule has 0 bridgehead atoms. The Kier molecular flexibility index (Phi) is 2.84. The summed E-state index contributed by atoms with van der Waals surface area (Å²) in [4.78, 5) is 6.95. The van der Waals surface area contributed by atoms with E-state index in [0.717, 1.165) is 21.8 Å². The van der Waals surface area contributed by atoms with Crippen LogP contribution in [0, 0.1) is 11.7 Å². The molecule has 0 spiro atoms. The Morgan fingerprint density at radius 2 is 2.13 bits per heavy atom. The van der Waals surface area contributed by atoms with Gasteiger partial charge < -0.3 is 4.98 Å². The summed E-state index contributed by atoms with van der Waals surface area (Å²) in [5, 5.41) is 0.753. The molecule has 0 aliphatic carbocycles. The van der Waals surface area contributed by atoms with Crippen molar-refractivity contribution < 1.29 is 0 Å². The van der Waals surface area contributed by atoms with E-state index in [-0.39, 0.29) is 0 Å². The van der Waals surface area contributed by atoms with E-state index in [1.807, 2.05) is 31.2 Å². The fourth-order valence-corrected chi connectivity index (χ4v) is 1.65. The lowest BCUT2D eigenvalue weighted by molar-refractivity contribution is 1.14. The topological polar surface area (TPSA) is 28.7 Å². The van der Waals surface area contributed by atoms with E-state index in [0.29, 0.717) is 4.77 Å². The predicted molar refractivity (Wildman–Crippen MR) is 64.6 cm³/mol. The van der Waals surface area contributed by atoms with Crippen LogP contribution in [0.5, 0.6) is 0 Å². The Morgan fingerprint density at radius 1 is 1.33 bits per heavy atom. The molecule has 76 valence electrons. The minimum Gasteiger partial charge on any atom is -0.330 e. The van der Waals surface area contributed by atoms with Gasteiger partial charge in [0.25, 0.3) is 0 Å². The largest absolute Gasteiger partial charge is 0.330 e. The molecule has 0 unspecified atom stereocenters. The van der Waals surface area contributed by atoms with Gasteiger partial charge in [-0.05, 0) is 42.4 Å². The third-order valence-corrected chi connectivity index (χ3v) is 2.77. The van der Waals surface area contributed by atoms with Gasteiger partial charge in [0.2, 0.25) is 0 Å². The third-order valence-electron chi connectivity index (χ3n) is 2.16. The molecular weight excluding hydrogens is 228 g/mol. The highest BCUT2D eigenvalue weighted by Gasteiger charge is 2.00. The van der Waals surface area contributed by atoms with Crippen molar-refractivity contribution in [1.82, 2.24) is 9.97 Å². The van der Waals surface area contributed by atoms with E-state index in [1.54, 1.807) is 6.20 Å². The van der Waals surface area contributed by atoms with Crippen LogP contribution in [0.25, 0.3) is 11.3 Å². The van der Waals surface area contributed by atoms with Crippen molar-refractivity contribution in [1.29, 1.82) is 0 Å². The van der Waals surface area contributed by atoms with Crippen LogP contribution in [-0.2, 0) is 0 Å². The summed E-state index contributed by atoms with van der Waals surface area (Å²) >= 11 is 11.0. The van der Waals surface area contributed by atoms with Gasteiger partial charge in [0.15, 0.2) is 4.77 Å². The highest BCUT2D eigenvalue weighted by molar-refractivity contribution is 7.71. The summed E-state index contributed by atoms with van der Waals surface area (Å²) in [7, 11) is 0. The molecule has 15 heavy (non-hydrogen) atoms. The predicted octanol–water partition coefficient (Wildman–Crippen LogP) is 3.77. The number of hydrogen-bond acceptors (Lipinski definition) is 2. The van der Waals surface area contributed by atoms with Crippen molar-refractivity contribution in [3.05, 3.63) is 45.8 Å². The highest BCUT2D eigenvalue weighted by Crippen LogP contribution is 2.23. The Morgan fingerprint density at radius 3 is 2.80 bits per heavy atom. The smallest absolute Gasteiger partial charge is 0.197 e. The van der Waals surface area contributed by atoms with Gasteiger partial charge in [-0.3, -0.25) is 0 Å². The molecule has 2 nitrogen and oxygen atoms in total. The maximum atomic E-state index is 6.05. The maximum Gasteiger partial charge on any atom is 0.197 e. The number of halogens is 1. The fourth-order valence-electron chi connectivity index (χ4n) is 1.30. The first kappa shape index (κ1) is 10.3. The van der Waals surface area contributed by atoms with Crippen molar-refractivity contribution in [3.8, 4) is 11.3 Å². The highest BCUT2D eigenvalue weighted by atomic mass is 35.5. The number of aryl methyl sites for hydroxylation is 1. The molecule has 1 aromatic heterocycles. The maximum absolute atomic E-state index is 6.05. The quantitative estimate of drug-likeness (QED) is 0.764. The number of aromatic nitrogens is 2. The van der Waals surface area contributed by atoms with Crippen LogP contribution in [0.15, 0.2) is 30.5 Å². The Hall–Kier alpha value is -1.19. The minimum atomic E-state index is 0.476. The number of hydrogen-bond donors (Lipinski definition) is 1. The zero-order chi connectivity index (χ0) is 10.8. The van der Waals surface area contributed by atoms with E-state index in [9.17, 15) is 0 Å². The molecule has 0 saturated carbocycles. The number of nitrogens with one attached hydrogen (secondary N) is 1. The summed E-state index contributed by atoms with van der Waals surface area (Å²) in [5.74, 6) is 0. The molecule has 0 amide bonds. The van der Waals surface area contributed by atoms with E-state index in [2.05, 4.69) is 9.97 Å². The molecule has 0 aliphatic heterocycles.